The predicted molar refractivity (Wildman–Crippen MR) is 209 cm³/mol. The van der Waals surface area contributed by atoms with Crippen molar-refractivity contribution in [3.05, 3.63) is 83.0 Å². The monoisotopic (exact) mass is 771 g/mol. The number of nitrogens with one attached hydrogen (secondary N) is 3. The number of benzene rings is 1. The van der Waals surface area contributed by atoms with E-state index in [0.717, 1.165) is 79.7 Å². The maximum absolute atomic E-state index is 13.1. The second-order valence-electron chi connectivity index (χ2n) is 15.5. The van der Waals surface area contributed by atoms with Gasteiger partial charge in [0.25, 0.3) is 5.91 Å². The minimum atomic E-state index is -1.25. The number of fused-ring (bicyclic) bond motifs is 3. The summed E-state index contributed by atoms with van der Waals surface area (Å²) in [6, 6.07) is 11.9. The number of carbonyl (C=O) groups excluding carboxylic acids is 3. The lowest BCUT2D eigenvalue weighted by atomic mass is 9.91. The van der Waals surface area contributed by atoms with Gasteiger partial charge in [0.1, 0.15) is 29.6 Å². The summed E-state index contributed by atoms with van der Waals surface area (Å²) in [7, 11) is 3.79. The van der Waals surface area contributed by atoms with Crippen molar-refractivity contribution in [3.8, 4) is 11.1 Å². The van der Waals surface area contributed by atoms with Crippen LogP contribution in [-0.2, 0) is 16.1 Å². The van der Waals surface area contributed by atoms with Crippen LogP contribution in [0.25, 0.3) is 11.1 Å². The van der Waals surface area contributed by atoms with E-state index in [1.807, 2.05) is 30.5 Å². The van der Waals surface area contributed by atoms with Crippen LogP contribution in [0.5, 0.6) is 0 Å². The van der Waals surface area contributed by atoms with Crippen LogP contribution in [0.2, 0.25) is 0 Å². The number of halogens is 2. The van der Waals surface area contributed by atoms with Gasteiger partial charge in [0.15, 0.2) is 6.29 Å². The van der Waals surface area contributed by atoms with Crippen molar-refractivity contribution in [1.29, 1.82) is 0 Å². The van der Waals surface area contributed by atoms with Crippen LogP contribution >= 0.6 is 0 Å². The minimum Gasteiger partial charge on any atom is -0.393 e. The summed E-state index contributed by atoms with van der Waals surface area (Å²) >= 11 is 0. The number of alkyl halides is 2. The zero-order valence-corrected chi connectivity index (χ0v) is 32.0. The molecule has 0 bridgehead atoms. The Bertz CT molecular complexity index is 2010. The average molecular weight is 772 g/mol. The zero-order chi connectivity index (χ0) is 39.7. The molecule has 56 heavy (non-hydrogen) atoms. The SMILES string of the molecule is CCC1c2c(cnn2C2CN(Cc3cccc(C=O)n3)C2)-c2cccc(NC(/C=C(\N)NC(=O)C3CC3)=C(/N)C(=O)NC3CC3)c2N1C.CN1CC(F)C(F)C1. The van der Waals surface area contributed by atoms with Gasteiger partial charge in [-0.3, -0.25) is 24.0 Å². The molecule has 3 aromatic rings. The largest absolute Gasteiger partial charge is 0.393 e. The Balaban J connectivity index is 0.000000536. The van der Waals surface area contributed by atoms with E-state index in [9.17, 15) is 23.2 Å². The first kappa shape index (κ1) is 38.9. The number of pyridine rings is 1. The molecule has 298 valence electrons. The van der Waals surface area contributed by atoms with Crippen LogP contribution in [-0.4, -0.2) is 101 Å². The molecule has 2 aromatic heterocycles. The molecule has 3 aliphatic heterocycles. The number of carbonyl (C=O) groups is 3. The van der Waals surface area contributed by atoms with Gasteiger partial charge in [-0.1, -0.05) is 25.1 Å². The fourth-order valence-electron chi connectivity index (χ4n) is 7.58. The normalized spacial score (nSPS) is 22.8. The van der Waals surface area contributed by atoms with E-state index in [4.69, 9.17) is 16.6 Å². The van der Waals surface area contributed by atoms with Gasteiger partial charge < -0.3 is 37.2 Å². The van der Waals surface area contributed by atoms with Crippen molar-refractivity contribution in [2.75, 3.05) is 50.5 Å². The summed E-state index contributed by atoms with van der Waals surface area (Å²) in [5.41, 5.74) is 19.3. The van der Waals surface area contributed by atoms with Gasteiger partial charge in [-0.05, 0) is 57.4 Å². The van der Waals surface area contributed by atoms with E-state index < -0.39 is 12.3 Å². The number of amides is 2. The van der Waals surface area contributed by atoms with Crippen LogP contribution < -0.4 is 32.3 Å². The molecule has 1 aromatic carbocycles. The number of aldehydes is 1. The molecule has 8 rings (SSSR count). The standard InChI is InChI=1S/C35H42N10O3.C5H9F2N/c1-3-29-33-26(15-38-45(33)24-17-44(18-24)16-22-6-4-7-23(19-46)39-22)25-8-5-9-27(32(25)43(29)2)41-28(31(37)35(48)40-21-12-13-21)14-30(36)42-34(47)20-10-11-20;1-8-2-4(6)5(7)3-8/h4-9,14-15,19-21,24,29,41H,3,10-13,16-18,36-37H2,1-2H3,(H,40,48)(H,42,47);4-5H,2-3H2,1H3/b30-14+,31-28+;. The topological polar surface area (TPSA) is 180 Å². The van der Waals surface area contributed by atoms with Gasteiger partial charge in [0.05, 0.1) is 46.7 Å². The summed E-state index contributed by atoms with van der Waals surface area (Å²) in [6.45, 7) is 5.01. The number of para-hydroxylation sites is 1. The molecule has 0 spiro atoms. The van der Waals surface area contributed by atoms with Crippen molar-refractivity contribution < 1.29 is 23.2 Å². The lowest BCUT2D eigenvalue weighted by molar-refractivity contribution is -0.121. The highest BCUT2D eigenvalue weighted by atomic mass is 19.2. The number of nitrogens with zero attached hydrogens (tertiary/aromatic N) is 6. The number of hydrogen-bond acceptors (Lipinski definition) is 11. The molecule has 4 fully saturated rings. The van der Waals surface area contributed by atoms with Gasteiger partial charge in [-0.15, -0.1) is 0 Å². The van der Waals surface area contributed by atoms with Crippen LogP contribution in [0, 0.1) is 5.92 Å². The molecule has 2 saturated carbocycles. The van der Waals surface area contributed by atoms with Gasteiger partial charge >= 0.3 is 0 Å². The lowest BCUT2D eigenvalue weighted by Crippen LogP contribution is -2.48. The van der Waals surface area contributed by atoms with Crippen molar-refractivity contribution in [2.24, 2.45) is 17.4 Å². The van der Waals surface area contributed by atoms with Crippen molar-refractivity contribution in [1.82, 2.24) is 35.2 Å². The Labute approximate surface area is 325 Å². The third kappa shape index (κ3) is 8.55. The number of likely N-dealkylation sites (tertiary alicyclic amines) is 2. The van der Waals surface area contributed by atoms with Gasteiger partial charge in [-0.2, -0.15) is 5.10 Å². The number of aromatic nitrogens is 3. The smallest absolute Gasteiger partial charge is 0.269 e. The lowest BCUT2D eigenvalue weighted by Gasteiger charge is -2.43. The number of rotatable bonds is 12. The maximum atomic E-state index is 13.1. The first-order valence-electron chi connectivity index (χ1n) is 19.3. The first-order chi connectivity index (χ1) is 26.9. The third-order valence-corrected chi connectivity index (χ3v) is 10.9. The summed E-state index contributed by atoms with van der Waals surface area (Å²) < 4.78 is 26.5. The Kier molecular flexibility index (Phi) is 11.4. The number of allylic oxidation sites excluding steroid dienone is 1. The van der Waals surface area contributed by atoms with Crippen molar-refractivity contribution in [2.45, 2.75) is 76.0 Å². The van der Waals surface area contributed by atoms with Gasteiger partial charge in [0, 0.05) is 68.9 Å². The molecule has 0 radical (unpaired) electrons. The highest BCUT2D eigenvalue weighted by Crippen LogP contribution is 2.49. The molecule has 5 aliphatic rings. The summed E-state index contributed by atoms with van der Waals surface area (Å²) in [6.07, 6.45) is 6.14. The van der Waals surface area contributed by atoms with Crippen LogP contribution in [0.3, 0.4) is 0 Å². The molecule has 7 N–H and O–H groups in total. The van der Waals surface area contributed by atoms with E-state index >= 15 is 0 Å². The molecule has 16 heteroatoms. The average Bonchev–Trinajstić information content (AvgIpc) is 4.10. The predicted octanol–water partition coefficient (Wildman–Crippen LogP) is 3.51. The second kappa shape index (κ2) is 16.4. The summed E-state index contributed by atoms with van der Waals surface area (Å²) in [5.74, 6) is -0.419. The zero-order valence-electron chi connectivity index (χ0n) is 32.0. The Morgan fingerprint density at radius 2 is 1.68 bits per heavy atom. The Morgan fingerprint density at radius 1 is 0.964 bits per heavy atom. The van der Waals surface area contributed by atoms with E-state index in [1.54, 1.807) is 18.0 Å². The molecule has 3 atom stereocenters. The molecule has 2 saturated heterocycles. The van der Waals surface area contributed by atoms with Crippen molar-refractivity contribution in [3.63, 3.8) is 0 Å². The molecular weight excluding hydrogens is 721 g/mol. The van der Waals surface area contributed by atoms with Crippen LogP contribution in [0.4, 0.5) is 20.2 Å². The minimum absolute atomic E-state index is 0.00948. The van der Waals surface area contributed by atoms with E-state index in [1.165, 1.54) is 11.8 Å². The van der Waals surface area contributed by atoms with E-state index in [0.29, 0.717) is 17.9 Å². The first-order valence-corrected chi connectivity index (χ1v) is 19.3. The number of anilines is 2. The molecule has 3 unspecified atom stereocenters. The van der Waals surface area contributed by atoms with E-state index in [-0.39, 0.29) is 60.5 Å². The summed E-state index contributed by atoms with van der Waals surface area (Å²) in [4.78, 5) is 47.3. The Hall–Kier alpha value is -5.35. The molecule has 5 heterocycles. The van der Waals surface area contributed by atoms with Crippen LogP contribution in [0.15, 0.2) is 65.9 Å². The van der Waals surface area contributed by atoms with Gasteiger partial charge in [-0.25, -0.2) is 13.8 Å². The maximum Gasteiger partial charge on any atom is 0.269 e. The number of hydrogen-bond donors (Lipinski definition) is 5. The molecule has 2 aliphatic carbocycles. The quantitative estimate of drug-likeness (QED) is 0.103. The summed E-state index contributed by atoms with van der Waals surface area (Å²) in [5, 5.41) is 14.0. The second-order valence-corrected chi connectivity index (χ2v) is 15.5. The highest BCUT2D eigenvalue weighted by Gasteiger charge is 2.38. The van der Waals surface area contributed by atoms with Gasteiger partial charge in [0.2, 0.25) is 5.91 Å². The Morgan fingerprint density at radius 3 is 2.30 bits per heavy atom. The van der Waals surface area contributed by atoms with E-state index in [2.05, 4.69) is 55.5 Å². The highest BCUT2D eigenvalue weighted by molar-refractivity contribution is 5.96. The number of nitrogens with two attached hydrogens (primary N) is 2. The van der Waals surface area contributed by atoms with Crippen molar-refractivity contribution >= 4 is 29.5 Å². The van der Waals surface area contributed by atoms with Crippen LogP contribution in [0.1, 0.15) is 73.0 Å². The third-order valence-electron chi connectivity index (χ3n) is 10.9. The fourth-order valence-corrected chi connectivity index (χ4v) is 7.58. The molecule has 14 nitrogen and oxygen atoms in total. The fraction of sp³-hybridized carbons (Fsp3) is 0.475. The molecule has 2 amide bonds. The molecular formula is C40H51F2N11O3.